The first kappa shape index (κ1) is 12.0. The summed E-state index contributed by atoms with van der Waals surface area (Å²) in [5, 5.41) is 0. The van der Waals surface area contributed by atoms with E-state index in [9.17, 15) is 0 Å². The van der Waals surface area contributed by atoms with Crippen molar-refractivity contribution in [3.05, 3.63) is 40.5 Å². The van der Waals surface area contributed by atoms with E-state index in [0.717, 1.165) is 16.7 Å². The standard InChI is InChI=1S/C12H12BrN3O/c1-3-9-6-12(16-8(2)15-9)17-10-4-5-11(13)14-7-10/h4-7H,3H2,1-2H3. The zero-order valence-electron chi connectivity index (χ0n) is 9.64. The van der Waals surface area contributed by atoms with E-state index >= 15 is 0 Å². The topological polar surface area (TPSA) is 47.9 Å². The first-order chi connectivity index (χ1) is 8.17. The van der Waals surface area contributed by atoms with Crippen LogP contribution in [0, 0.1) is 6.92 Å². The molecule has 0 saturated carbocycles. The molecular formula is C12H12BrN3O. The van der Waals surface area contributed by atoms with Crippen LogP contribution in [0.4, 0.5) is 0 Å². The van der Waals surface area contributed by atoms with Gasteiger partial charge in [-0.05, 0) is 41.4 Å². The zero-order chi connectivity index (χ0) is 12.3. The third-order valence-corrected chi connectivity index (χ3v) is 2.62. The summed E-state index contributed by atoms with van der Waals surface area (Å²) in [6.07, 6.45) is 2.51. The molecular weight excluding hydrogens is 282 g/mol. The Bertz CT molecular complexity index is 514. The number of hydrogen-bond donors (Lipinski definition) is 0. The van der Waals surface area contributed by atoms with Crippen molar-refractivity contribution in [3.63, 3.8) is 0 Å². The van der Waals surface area contributed by atoms with Crippen LogP contribution in [0.15, 0.2) is 29.0 Å². The van der Waals surface area contributed by atoms with Crippen molar-refractivity contribution in [1.29, 1.82) is 0 Å². The Labute approximate surface area is 108 Å². The molecule has 0 radical (unpaired) electrons. The first-order valence-electron chi connectivity index (χ1n) is 5.31. The van der Waals surface area contributed by atoms with Crippen molar-refractivity contribution in [2.24, 2.45) is 0 Å². The van der Waals surface area contributed by atoms with E-state index in [1.807, 2.05) is 32.0 Å². The Morgan fingerprint density at radius 2 is 2.12 bits per heavy atom. The van der Waals surface area contributed by atoms with E-state index in [1.165, 1.54) is 0 Å². The van der Waals surface area contributed by atoms with Crippen LogP contribution >= 0.6 is 15.9 Å². The molecule has 2 rings (SSSR count). The highest BCUT2D eigenvalue weighted by Gasteiger charge is 2.03. The van der Waals surface area contributed by atoms with Crippen molar-refractivity contribution in [3.8, 4) is 11.6 Å². The zero-order valence-corrected chi connectivity index (χ0v) is 11.2. The minimum absolute atomic E-state index is 0.554. The molecule has 0 aliphatic rings. The number of aryl methyl sites for hydroxylation is 2. The summed E-state index contributed by atoms with van der Waals surface area (Å²) < 4.78 is 6.40. The molecule has 0 aliphatic heterocycles. The lowest BCUT2D eigenvalue weighted by Gasteiger charge is -2.06. The van der Waals surface area contributed by atoms with Crippen LogP contribution in [-0.4, -0.2) is 15.0 Å². The highest BCUT2D eigenvalue weighted by atomic mass is 79.9. The number of aromatic nitrogens is 3. The van der Waals surface area contributed by atoms with Gasteiger partial charge in [-0.1, -0.05) is 6.92 Å². The van der Waals surface area contributed by atoms with Crippen molar-refractivity contribution in [1.82, 2.24) is 15.0 Å². The fourth-order valence-electron chi connectivity index (χ4n) is 1.38. The molecule has 4 nitrogen and oxygen atoms in total. The van der Waals surface area contributed by atoms with E-state index < -0.39 is 0 Å². The second kappa shape index (κ2) is 5.23. The molecule has 0 spiro atoms. The Morgan fingerprint density at radius 1 is 1.29 bits per heavy atom. The molecule has 0 amide bonds. The average molecular weight is 294 g/mol. The van der Waals surface area contributed by atoms with Crippen LogP contribution in [0.5, 0.6) is 11.6 Å². The lowest BCUT2D eigenvalue weighted by molar-refractivity contribution is 0.456. The van der Waals surface area contributed by atoms with Crippen LogP contribution < -0.4 is 4.74 Å². The predicted molar refractivity (Wildman–Crippen MR) is 68.2 cm³/mol. The Hall–Kier alpha value is -1.49. The molecule has 2 aromatic rings. The summed E-state index contributed by atoms with van der Waals surface area (Å²) in [5.41, 5.74) is 0.970. The molecule has 17 heavy (non-hydrogen) atoms. The van der Waals surface area contributed by atoms with Crippen LogP contribution in [0.3, 0.4) is 0 Å². The van der Waals surface area contributed by atoms with Crippen LogP contribution in [0.25, 0.3) is 0 Å². The quantitative estimate of drug-likeness (QED) is 0.815. The van der Waals surface area contributed by atoms with E-state index in [0.29, 0.717) is 17.5 Å². The maximum absolute atomic E-state index is 5.62. The minimum Gasteiger partial charge on any atom is -0.437 e. The monoisotopic (exact) mass is 293 g/mol. The maximum Gasteiger partial charge on any atom is 0.222 e. The molecule has 2 heterocycles. The molecule has 5 heteroatoms. The van der Waals surface area contributed by atoms with Crippen molar-refractivity contribution in [2.75, 3.05) is 0 Å². The molecule has 0 aromatic carbocycles. The third kappa shape index (κ3) is 3.23. The number of nitrogens with zero attached hydrogens (tertiary/aromatic N) is 3. The lowest BCUT2D eigenvalue weighted by Crippen LogP contribution is -1.97. The molecule has 0 fully saturated rings. The number of pyridine rings is 1. The van der Waals surface area contributed by atoms with Gasteiger partial charge in [0, 0.05) is 11.8 Å². The number of rotatable bonds is 3. The second-order valence-corrected chi connectivity index (χ2v) is 4.33. The van der Waals surface area contributed by atoms with Gasteiger partial charge >= 0.3 is 0 Å². The molecule has 0 N–H and O–H groups in total. The Morgan fingerprint density at radius 3 is 2.76 bits per heavy atom. The lowest BCUT2D eigenvalue weighted by atomic mass is 10.3. The third-order valence-electron chi connectivity index (χ3n) is 2.15. The minimum atomic E-state index is 0.554. The molecule has 2 aromatic heterocycles. The van der Waals surface area contributed by atoms with E-state index in [1.54, 1.807) is 6.20 Å². The van der Waals surface area contributed by atoms with Gasteiger partial charge in [-0.25, -0.2) is 9.97 Å². The van der Waals surface area contributed by atoms with Gasteiger partial charge in [0.1, 0.15) is 16.2 Å². The summed E-state index contributed by atoms with van der Waals surface area (Å²) in [7, 11) is 0. The average Bonchev–Trinajstić information content (AvgIpc) is 2.31. The van der Waals surface area contributed by atoms with Gasteiger partial charge < -0.3 is 4.74 Å². The number of hydrogen-bond acceptors (Lipinski definition) is 4. The fraction of sp³-hybridized carbons (Fsp3) is 0.250. The normalized spacial score (nSPS) is 10.3. The smallest absolute Gasteiger partial charge is 0.222 e. The SMILES string of the molecule is CCc1cc(Oc2ccc(Br)nc2)nc(C)n1. The molecule has 0 unspecified atom stereocenters. The molecule has 0 atom stereocenters. The highest BCUT2D eigenvalue weighted by molar-refractivity contribution is 9.10. The van der Waals surface area contributed by atoms with Crippen LogP contribution in [0.1, 0.15) is 18.4 Å². The Balaban J connectivity index is 2.23. The van der Waals surface area contributed by atoms with Gasteiger partial charge in [-0.2, -0.15) is 4.98 Å². The van der Waals surface area contributed by atoms with Gasteiger partial charge in [0.05, 0.1) is 6.20 Å². The maximum atomic E-state index is 5.62. The largest absolute Gasteiger partial charge is 0.437 e. The molecule has 0 bridgehead atoms. The van der Waals surface area contributed by atoms with Gasteiger partial charge in [-0.3, -0.25) is 0 Å². The van der Waals surface area contributed by atoms with E-state index in [-0.39, 0.29) is 0 Å². The Kier molecular flexibility index (Phi) is 3.68. The van der Waals surface area contributed by atoms with E-state index in [2.05, 4.69) is 30.9 Å². The molecule has 0 aliphatic carbocycles. The van der Waals surface area contributed by atoms with Crippen molar-refractivity contribution >= 4 is 15.9 Å². The summed E-state index contributed by atoms with van der Waals surface area (Å²) in [5.74, 6) is 1.93. The van der Waals surface area contributed by atoms with Gasteiger partial charge in [-0.15, -0.1) is 0 Å². The molecule has 0 saturated heterocycles. The summed E-state index contributed by atoms with van der Waals surface area (Å²) in [4.78, 5) is 12.6. The van der Waals surface area contributed by atoms with Crippen LogP contribution in [-0.2, 0) is 6.42 Å². The summed E-state index contributed by atoms with van der Waals surface area (Å²) in [6, 6.07) is 5.50. The first-order valence-corrected chi connectivity index (χ1v) is 6.10. The number of halogens is 1. The highest BCUT2D eigenvalue weighted by Crippen LogP contribution is 2.20. The van der Waals surface area contributed by atoms with Gasteiger partial charge in [0.2, 0.25) is 5.88 Å². The van der Waals surface area contributed by atoms with Gasteiger partial charge in [0.15, 0.2) is 0 Å². The van der Waals surface area contributed by atoms with Crippen LogP contribution in [0.2, 0.25) is 0 Å². The number of ether oxygens (including phenoxy) is 1. The second-order valence-electron chi connectivity index (χ2n) is 3.52. The summed E-state index contributed by atoms with van der Waals surface area (Å²) in [6.45, 7) is 3.90. The van der Waals surface area contributed by atoms with Crippen molar-refractivity contribution in [2.45, 2.75) is 20.3 Å². The van der Waals surface area contributed by atoms with Crippen molar-refractivity contribution < 1.29 is 4.74 Å². The van der Waals surface area contributed by atoms with E-state index in [4.69, 9.17) is 4.74 Å². The van der Waals surface area contributed by atoms with Gasteiger partial charge in [0.25, 0.3) is 0 Å². The molecule has 88 valence electrons. The predicted octanol–water partition coefficient (Wildman–Crippen LogP) is 3.30. The summed E-state index contributed by atoms with van der Waals surface area (Å²) >= 11 is 3.27. The fourth-order valence-corrected chi connectivity index (χ4v) is 1.61.